The van der Waals surface area contributed by atoms with Gasteiger partial charge in [-0.2, -0.15) is 0 Å². The molecule has 3 N–H and O–H groups in total. The molecule has 1 heterocycles. The van der Waals surface area contributed by atoms with Gasteiger partial charge in [-0.3, -0.25) is 18.9 Å². The van der Waals surface area contributed by atoms with E-state index < -0.39 is 25.0 Å². The zero-order chi connectivity index (χ0) is 15.3. The average Bonchev–Trinajstić information content (AvgIpc) is 2.34. The van der Waals surface area contributed by atoms with Crippen LogP contribution in [0.1, 0.15) is 5.56 Å². The van der Waals surface area contributed by atoms with E-state index in [9.17, 15) is 14.2 Å². The van der Waals surface area contributed by atoms with Crippen molar-refractivity contribution in [3.05, 3.63) is 48.8 Å². The van der Waals surface area contributed by atoms with Gasteiger partial charge in [-0.1, -0.05) is 46.3 Å². The number of nitrogens with zero attached hydrogens (tertiary/aromatic N) is 1. The van der Waals surface area contributed by atoms with E-state index >= 15 is 0 Å². The summed E-state index contributed by atoms with van der Waals surface area (Å²) in [5.74, 6) is 0. The zero-order valence-electron chi connectivity index (χ0n) is 9.99. The minimum absolute atomic E-state index is 0.0635. The van der Waals surface area contributed by atoms with Gasteiger partial charge in [0.25, 0.3) is 5.56 Å². The van der Waals surface area contributed by atoms with E-state index in [4.69, 9.17) is 21.4 Å². The van der Waals surface area contributed by atoms with E-state index in [0.29, 0.717) is 0 Å². The van der Waals surface area contributed by atoms with Crippen molar-refractivity contribution in [1.82, 2.24) is 9.55 Å². The Hall–Kier alpha value is -0.670. The minimum atomic E-state index is -4.10. The maximum atomic E-state index is 11.5. The minimum Gasteiger partial charge on any atom is -0.324 e. The molecule has 0 bridgehead atoms. The number of allylic oxidation sites excluding steroid dienone is 2. The summed E-state index contributed by atoms with van der Waals surface area (Å²) in [7, 11) is -4.10. The van der Waals surface area contributed by atoms with E-state index in [0.717, 1.165) is 0 Å². The van der Waals surface area contributed by atoms with Gasteiger partial charge in [0.2, 0.25) is 0 Å². The molecule has 0 saturated heterocycles. The highest BCUT2D eigenvalue weighted by molar-refractivity contribution is 14.1. The van der Waals surface area contributed by atoms with Crippen LogP contribution in [0, 0.1) is 0 Å². The lowest BCUT2D eigenvalue weighted by Crippen LogP contribution is -2.30. The second-order valence-electron chi connectivity index (χ2n) is 3.73. The third-order valence-corrected chi connectivity index (χ3v) is 4.17. The van der Waals surface area contributed by atoms with Gasteiger partial charge < -0.3 is 9.79 Å². The van der Waals surface area contributed by atoms with Gasteiger partial charge in [0, 0.05) is 12.7 Å². The van der Waals surface area contributed by atoms with E-state index in [1.54, 1.807) is 0 Å². The number of aromatic nitrogens is 2. The molecule has 0 radical (unpaired) electrons. The molecule has 20 heavy (non-hydrogen) atoms. The number of halogens is 2. The van der Waals surface area contributed by atoms with Gasteiger partial charge in [-0.05, 0) is 4.08 Å². The Bertz CT molecular complexity index is 702. The lowest BCUT2D eigenvalue weighted by atomic mass is 10.3. The van der Waals surface area contributed by atoms with Gasteiger partial charge in [-0.15, -0.1) is 0 Å². The van der Waals surface area contributed by atoms with Gasteiger partial charge in [-0.25, -0.2) is 4.79 Å². The van der Waals surface area contributed by atoms with Crippen LogP contribution in [0.15, 0.2) is 32.0 Å². The Morgan fingerprint density at radius 2 is 2.10 bits per heavy atom. The molecule has 0 saturated carbocycles. The highest BCUT2D eigenvalue weighted by atomic mass is 127. The van der Waals surface area contributed by atoms with Crippen molar-refractivity contribution in [3.63, 3.8) is 0 Å². The summed E-state index contributed by atoms with van der Waals surface area (Å²) in [6.45, 7) is 0.0635. The van der Waals surface area contributed by atoms with Crippen molar-refractivity contribution >= 4 is 46.8 Å². The third kappa shape index (κ3) is 5.37. The van der Waals surface area contributed by atoms with Crippen molar-refractivity contribution in [2.45, 2.75) is 6.54 Å². The molecule has 10 heteroatoms. The van der Waals surface area contributed by atoms with Crippen LogP contribution in [0.4, 0.5) is 0 Å². The lowest BCUT2D eigenvalue weighted by Gasteiger charge is -2.04. The lowest BCUT2D eigenvalue weighted by molar-refractivity contribution is 0.377. The van der Waals surface area contributed by atoms with Crippen molar-refractivity contribution in [3.8, 4) is 0 Å². The summed E-state index contributed by atoms with van der Waals surface area (Å²) in [5.41, 5.74) is -1.08. The summed E-state index contributed by atoms with van der Waals surface area (Å²) < 4.78 is 13.3. The molecule has 0 aliphatic rings. The zero-order valence-corrected chi connectivity index (χ0v) is 13.8. The maximum absolute atomic E-state index is 11.5. The maximum Gasteiger partial charge on any atom is 0.329 e. The smallest absolute Gasteiger partial charge is 0.324 e. The normalized spacial score (nSPS) is 13.1. The standard InChI is InChI=1S/C10H11ClIN2O5P/c11-8(5-12)7-6-14(10(16)13-9(7)15)3-1-2-4-20(17,18)19/h1-2,5-6H,3-4H2,(H,13,15,16)(H2,17,18,19)/b2-1+,8-5+. The fourth-order valence-electron chi connectivity index (χ4n) is 1.27. The van der Waals surface area contributed by atoms with Gasteiger partial charge >= 0.3 is 13.3 Å². The van der Waals surface area contributed by atoms with Crippen LogP contribution < -0.4 is 11.2 Å². The molecule has 0 fully saturated rings. The number of aromatic amines is 1. The first-order chi connectivity index (χ1) is 9.24. The highest BCUT2D eigenvalue weighted by Crippen LogP contribution is 2.33. The molecule has 0 aromatic carbocycles. The third-order valence-electron chi connectivity index (χ3n) is 2.18. The fraction of sp³-hybridized carbons (Fsp3) is 0.200. The fourth-order valence-corrected chi connectivity index (χ4v) is 2.17. The van der Waals surface area contributed by atoms with Crippen LogP contribution in [-0.2, 0) is 11.1 Å². The quantitative estimate of drug-likeness (QED) is 0.368. The second kappa shape index (κ2) is 7.37. The molecule has 0 unspecified atom stereocenters. The van der Waals surface area contributed by atoms with E-state index in [2.05, 4.69) is 4.98 Å². The molecule has 0 aliphatic carbocycles. The summed E-state index contributed by atoms with van der Waals surface area (Å²) in [5, 5.41) is 0.194. The molecule has 0 aliphatic heterocycles. The van der Waals surface area contributed by atoms with Crippen molar-refractivity contribution in [1.29, 1.82) is 0 Å². The molecule has 0 spiro atoms. The first kappa shape index (κ1) is 17.4. The first-order valence-electron chi connectivity index (χ1n) is 5.24. The monoisotopic (exact) mass is 432 g/mol. The van der Waals surface area contributed by atoms with Crippen LogP contribution >= 0.6 is 41.8 Å². The summed E-state index contributed by atoms with van der Waals surface area (Å²) in [4.78, 5) is 42.5. The Morgan fingerprint density at radius 3 is 2.65 bits per heavy atom. The molecular weight excluding hydrogens is 421 g/mol. The van der Waals surface area contributed by atoms with E-state index in [1.165, 1.54) is 27.0 Å². The van der Waals surface area contributed by atoms with Gasteiger partial charge in [0.1, 0.15) is 0 Å². The van der Waals surface area contributed by atoms with Crippen molar-refractivity contribution in [2.24, 2.45) is 0 Å². The molecule has 1 aromatic heterocycles. The van der Waals surface area contributed by atoms with Crippen LogP contribution in [0.3, 0.4) is 0 Å². The van der Waals surface area contributed by atoms with E-state index in [1.807, 2.05) is 22.6 Å². The summed E-state index contributed by atoms with van der Waals surface area (Å²) in [6.07, 6.45) is 3.57. The summed E-state index contributed by atoms with van der Waals surface area (Å²) >= 11 is 7.70. The average molecular weight is 433 g/mol. The number of H-pyrrole nitrogens is 1. The molecule has 0 atom stereocenters. The molecule has 1 aromatic rings. The molecule has 0 amide bonds. The van der Waals surface area contributed by atoms with Crippen LogP contribution in [-0.4, -0.2) is 25.5 Å². The van der Waals surface area contributed by atoms with Gasteiger partial charge in [0.05, 0.1) is 16.8 Å². The Balaban J connectivity index is 3.00. The topological polar surface area (TPSA) is 112 Å². The number of rotatable bonds is 5. The predicted octanol–water partition coefficient (Wildman–Crippen LogP) is 1.24. The number of nitrogens with one attached hydrogen (secondary N) is 1. The SMILES string of the molecule is O=c1[nH]c(=O)n(C/C=C/CP(=O)(O)O)cc1/C(Cl)=C\I. The number of hydrogen-bond acceptors (Lipinski definition) is 3. The first-order valence-corrected chi connectivity index (χ1v) is 8.66. The largest absolute Gasteiger partial charge is 0.329 e. The van der Waals surface area contributed by atoms with Gasteiger partial charge in [0.15, 0.2) is 0 Å². The van der Waals surface area contributed by atoms with Crippen LogP contribution in [0.25, 0.3) is 5.03 Å². The predicted molar refractivity (Wildman–Crippen MR) is 85.2 cm³/mol. The molecule has 7 nitrogen and oxygen atoms in total. The summed E-state index contributed by atoms with van der Waals surface area (Å²) in [6, 6.07) is 0. The van der Waals surface area contributed by atoms with Crippen LogP contribution in [0.2, 0.25) is 0 Å². The van der Waals surface area contributed by atoms with Crippen molar-refractivity contribution in [2.75, 3.05) is 6.16 Å². The van der Waals surface area contributed by atoms with Crippen molar-refractivity contribution < 1.29 is 14.4 Å². The molecule has 110 valence electrons. The second-order valence-corrected chi connectivity index (χ2v) is 6.45. The Morgan fingerprint density at radius 1 is 1.45 bits per heavy atom. The molecular formula is C10H11ClIN2O5P. The number of hydrogen-bond donors (Lipinski definition) is 3. The van der Waals surface area contributed by atoms with E-state index in [-0.39, 0.29) is 17.1 Å². The van der Waals surface area contributed by atoms with Crippen LogP contribution in [0.5, 0.6) is 0 Å². The Kier molecular flexibility index (Phi) is 6.41. The Labute approximate surface area is 132 Å². The molecule has 1 rings (SSSR count). The highest BCUT2D eigenvalue weighted by Gasteiger charge is 2.09.